The minimum atomic E-state index is -4.52. The van der Waals surface area contributed by atoms with Gasteiger partial charge in [-0.05, 0) is 43.5 Å². The van der Waals surface area contributed by atoms with Crippen LogP contribution in [-0.2, 0) is 17.5 Å². The summed E-state index contributed by atoms with van der Waals surface area (Å²) in [5.74, 6) is -0.150. The Morgan fingerprint density at radius 2 is 1.84 bits per heavy atom. The molecular weight excluding hydrogens is 452 g/mol. The van der Waals surface area contributed by atoms with Crippen molar-refractivity contribution in [3.63, 3.8) is 0 Å². The first kappa shape index (κ1) is 22.4. The van der Waals surface area contributed by atoms with Crippen LogP contribution in [-0.4, -0.2) is 51.7 Å². The lowest BCUT2D eigenvalue weighted by molar-refractivity contribution is -0.143. The maximum atomic E-state index is 13.2. The smallest absolute Gasteiger partial charge is 0.338 e. The van der Waals surface area contributed by atoms with Crippen LogP contribution >= 0.6 is 23.2 Å². The number of hydrogen-bond donors (Lipinski definition) is 0. The van der Waals surface area contributed by atoms with Gasteiger partial charge >= 0.3 is 6.18 Å². The van der Waals surface area contributed by atoms with Crippen LogP contribution in [0.25, 0.3) is 0 Å². The predicted octanol–water partition coefficient (Wildman–Crippen LogP) is 4.99. The van der Waals surface area contributed by atoms with E-state index in [-0.39, 0.29) is 11.8 Å². The Morgan fingerprint density at radius 1 is 1.16 bits per heavy atom. The zero-order valence-electron chi connectivity index (χ0n) is 17.0. The summed E-state index contributed by atoms with van der Waals surface area (Å²) in [5, 5.41) is 4.94. The van der Waals surface area contributed by atoms with E-state index in [1.807, 2.05) is 6.07 Å². The summed E-state index contributed by atoms with van der Waals surface area (Å²) in [6.07, 6.45) is -2.86. The molecule has 1 saturated carbocycles. The van der Waals surface area contributed by atoms with E-state index in [2.05, 4.69) is 10.00 Å². The minimum absolute atomic E-state index is 0.0554. The van der Waals surface area contributed by atoms with Crippen LogP contribution < -0.4 is 0 Å². The molecule has 0 N–H and O–H groups in total. The number of alkyl halides is 3. The molecule has 2 aromatic rings. The molecule has 2 heterocycles. The van der Waals surface area contributed by atoms with Gasteiger partial charge in [0.05, 0.1) is 0 Å². The first-order valence-electron chi connectivity index (χ1n) is 10.2. The van der Waals surface area contributed by atoms with Gasteiger partial charge in [-0.2, -0.15) is 18.3 Å². The molecule has 1 aliphatic carbocycles. The number of hydrogen-bond acceptors (Lipinski definition) is 3. The number of carbonyl (C=O) groups is 1. The van der Waals surface area contributed by atoms with Crippen molar-refractivity contribution in [3.8, 4) is 0 Å². The van der Waals surface area contributed by atoms with Gasteiger partial charge < -0.3 is 4.90 Å². The third-order valence-electron chi connectivity index (χ3n) is 5.87. The molecule has 0 bridgehead atoms. The van der Waals surface area contributed by atoms with Gasteiger partial charge in [-0.25, -0.2) is 0 Å². The summed E-state index contributed by atoms with van der Waals surface area (Å²) in [5.41, 5.74) is 0.535. The molecule has 0 radical (unpaired) electrons. The fourth-order valence-corrected chi connectivity index (χ4v) is 4.40. The highest BCUT2D eigenvalue weighted by Gasteiger charge is 2.39. The largest absolute Gasteiger partial charge is 0.435 e. The Hall–Kier alpha value is -1.77. The molecule has 2 fully saturated rings. The third kappa shape index (κ3) is 5.02. The van der Waals surface area contributed by atoms with Crippen LogP contribution in [0.1, 0.15) is 48.7 Å². The lowest BCUT2D eigenvalue weighted by Gasteiger charge is -2.36. The molecule has 1 amide bonds. The van der Waals surface area contributed by atoms with E-state index < -0.39 is 17.9 Å². The maximum Gasteiger partial charge on any atom is 0.435 e. The second kappa shape index (κ2) is 8.64. The molecule has 4 rings (SSSR count). The van der Waals surface area contributed by atoms with Crippen LogP contribution in [0.5, 0.6) is 0 Å². The first-order chi connectivity index (χ1) is 14.6. The number of rotatable bonds is 5. The van der Waals surface area contributed by atoms with Crippen molar-refractivity contribution in [1.82, 2.24) is 19.6 Å². The highest BCUT2D eigenvalue weighted by molar-refractivity contribution is 6.35. The third-order valence-corrected chi connectivity index (χ3v) is 6.45. The molecule has 2 aliphatic rings. The lowest BCUT2D eigenvalue weighted by atomic mass is 10.1. The van der Waals surface area contributed by atoms with Crippen molar-refractivity contribution in [2.75, 3.05) is 26.2 Å². The van der Waals surface area contributed by atoms with E-state index in [0.29, 0.717) is 48.5 Å². The Labute approximate surface area is 188 Å². The summed E-state index contributed by atoms with van der Waals surface area (Å²) < 4.78 is 40.8. The summed E-state index contributed by atoms with van der Waals surface area (Å²) in [6.45, 7) is 4.58. The van der Waals surface area contributed by atoms with E-state index in [9.17, 15) is 18.0 Å². The molecular formula is C21H23Cl2F3N4O. The van der Waals surface area contributed by atoms with E-state index >= 15 is 0 Å². The standard InChI is InChI=1S/C21H23Cl2F3N4O/c1-13(30-18(14-2-3-14)11-19(27-30)21(24,25)26)20(31)29-8-6-28(7-9-29)12-15-4-5-16(22)10-17(15)23/h4-5,10-11,13-14H,2-3,6-9,12H2,1H3. The molecule has 31 heavy (non-hydrogen) atoms. The Kier molecular flexibility index (Phi) is 6.25. The molecule has 1 saturated heterocycles. The highest BCUT2D eigenvalue weighted by atomic mass is 35.5. The summed E-state index contributed by atoms with van der Waals surface area (Å²) in [7, 11) is 0. The number of amides is 1. The van der Waals surface area contributed by atoms with Crippen LogP contribution in [0, 0.1) is 0 Å². The zero-order valence-corrected chi connectivity index (χ0v) is 18.5. The molecule has 1 aromatic heterocycles. The average Bonchev–Trinajstić information content (AvgIpc) is 3.46. The van der Waals surface area contributed by atoms with Crippen molar-refractivity contribution >= 4 is 29.1 Å². The molecule has 1 atom stereocenters. The van der Waals surface area contributed by atoms with Crippen molar-refractivity contribution in [2.24, 2.45) is 0 Å². The van der Waals surface area contributed by atoms with Crippen molar-refractivity contribution in [1.29, 1.82) is 0 Å². The van der Waals surface area contributed by atoms with E-state index in [0.717, 1.165) is 24.5 Å². The van der Waals surface area contributed by atoms with Crippen LogP contribution in [0.15, 0.2) is 24.3 Å². The van der Waals surface area contributed by atoms with Crippen molar-refractivity contribution < 1.29 is 18.0 Å². The molecule has 1 aromatic carbocycles. The van der Waals surface area contributed by atoms with Gasteiger partial charge in [0.15, 0.2) is 5.69 Å². The van der Waals surface area contributed by atoms with E-state index in [4.69, 9.17) is 23.2 Å². The molecule has 1 aliphatic heterocycles. The Balaban J connectivity index is 1.40. The van der Waals surface area contributed by atoms with E-state index in [1.165, 1.54) is 4.68 Å². The number of halogens is 5. The molecule has 5 nitrogen and oxygen atoms in total. The lowest BCUT2D eigenvalue weighted by Crippen LogP contribution is -2.50. The van der Waals surface area contributed by atoms with Gasteiger partial charge in [0.2, 0.25) is 5.91 Å². The Morgan fingerprint density at radius 3 is 2.42 bits per heavy atom. The molecule has 168 valence electrons. The summed E-state index contributed by atoms with van der Waals surface area (Å²) >= 11 is 12.2. The second-order valence-corrected chi connectivity index (χ2v) is 9.03. The van der Waals surface area contributed by atoms with Crippen LogP contribution in [0.2, 0.25) is 10.0 Å². The van der Waals surface area contributed by atoms with Crippen molar-refractivity contribution in [2.45, 2.75) is 44.4 Å². The number of benzene rings is 1. The van der Waals surface area contributed by atoms with Crippen LogP contribution in [0.3, 0.4) is 0 Å². The maximum absolute atomic E-state index is 13.2. The monoisotopic (exact) mass is 474 g/mol. The number of carbonyl (C=O) groups excluding carboxylic acids is 1. The summed E-state index contributed by atoms with van der Waals surface area (Å²) in [4.78, 5) is 16.9. The van der Waals surface area contributed by atoms with Gasteiger partial charge in [0.25, 0.3) is 0 Å². The summed E-state index contributed by atoms with van der Waals surface area (Å²) in [6, 6.07) is 5.70. The van der Waals surface area contributed by atoms with Gasteiger partial charge in [-0.1, -0.05) is 29.3 Å². The topological polar surface area (TPSA) is 41.4 Å². The number of aromatic nitrogens is 2. The minimum Gasteiger partial charge on any atom is -0.338 e. The number of piperazine rings is 1. The number of nitrogens with zero attached hydrogens (tertiary/aromatic N) is 4. The zero-order chi connectivity index (χ0) is 22.3. The van der Waals surface area contributed by atoms with E-state index in [1.54, 1.807) is 24.0 Å². The predicted molar refractivity (Wildman–Crippen MR) is 112 cm³/mol. The average molecular weight is 475 g/mol. The van der Waals surface area contributed by atoms with Gasteiger partial charge in [0, 0.05) is 54.4 Å². The quantitative estimate of drug-likeness (QED) is 0.612. The highest BCUT2D eigenvalue weighted by Crippen LogP contribution is 2.43. The fraction of sp³-hybridized carbons (Fsp3) is 0.524. The van der Waals surface area contributed by atoms with Crippen molar-refractivity contribution in [3.05, 3.63) is 51.3 Å². The first-order valence-corrected chi connectivity index (χ1v) is 11.0. The molecule has 10 heteroatoms. The SMILES string of the molecule is CC(C(=O)N1CCN(Cc2ccc(Cl)cc2Cl)CC1)n1nc(C(F)(F)F)cc1C1CC1. The second-order valence-electron chi connectivity index (χ2n) is 8.18. The molecule has 0 spiro atoms. The normalized spacial score (nSPS) is 19.0. The molecule has 1 unspecified atom stereocenters. The van der Waals surface area contributed by atoms with Crippen LogP contribution in [0.4, 0.5) is 13.2 Å². The Bertz CT molecular complexity index is 966. The van der Waals surface area contributed by atoms with Gasteiger partial charge in [-0.3, -0.25) is 14.4 Å². The fourth-order valence-electron chi connectivity index (χ4n) is 3.93. The van der Waals surface area contributed by atoms with Gasteiger partial charge in [0.1, 0.15) is 6.04 Å². The van der Waals surface area contributed by atoms with Gasteiger partial charge in [-0.15, -0.1) is 0 Å².